The highest BCUT2D eigenvalue weighted by molar-refractivity contribution is 14.0. The number of aromatic nitrogens is 3. The predicted molar refractivity (Wildman–Crippen MR) is 111 cm³/mol. The second-order valence-electron chi connectivity index (χ2n) is 6.16. The molecule has 0 saturated carbocycles. The van der Waals surface area contributed by atoms with Crippen LogP contribution in [0.4, 0.5) is 0 Å². The number of hydrogen-bond acceptors (Lipinski definition) is 4. The summed E-state index contributed by atoms with van der Waals surface area (Å²) in [4.78, 5) is 7.26. The first-order valence-corrected chi connectivity index (χ1v) is 9.92. The zero-order valence-corrected chi connectivity index (χ0v) is 17.8. The molecule has 1 aromatic heterocycles. The molecule has 3 rings (SSSR count). The van der Waals surface area contributed by atoms with Gasteiger partial charge in [-0.1, -0.05) is 6.92 Å². The minimum atomic E-state index is 0. The second-order valence-corrected chi connectivity index (χ2v) is 7.57. The molecule has 0 radical (unpaired) electrons. The van der Waals surface area contributed by atoms with E-state index in [1.807, 2.05) is 0 Å². The van der Waals surface area contributed by atoms with Gasteiger partial charge in [-0.2, -0.15) is 11.8 Å². The van der Waals surface area contributed by atoms with Crippen molar-refractivity contribution >= 4 is 41.7 Å². The zero-order chi connectivity index (χ0) is 16.1. The molecule has 1 fully saturated rings. The maximum Gasteiger partial charge on any atom is 0.194 e. The number of rotatable bonds is 4. The number of halogens is 1. The van der Waals surface area contributed by atoms with Crippen molar-refractivity contribution in [2.24, 2.45) is 4.99 Å². The maximum absolute atomic E-state index is 4.86. The van der Waals surface area contributed by atoms with Crippen LogP contribution in [0.3, 0.4) is 0 Å². The Morgan fingerprint density at radius 1 is 1.29 bits per heavy atom. The Kier molecular flexibility index (Phi) is 8.12. The van der Waals surface area contributed by atoms with E-state index in [9.17, 15) is 0 Å². The summed E-state index contributed by atoms with van der Waals surface area (Å²) in [7, 11) is 0. The van der Waals surface area contributed by atoms with E-state index in [-0.39, 0.29) is 24.0 Å². The number of guanidine groups is 1. The lowest BCUT2D eigenvalue weighted by atomic mass is 10.2. The highest BCUT2D eigenvalue weighted by Gasteiger charge is 2.22. The van der Waals surface area contributed by atoms with Gasteiger partial charge in [0.05, 0.1) is 0 Å². The van der Waals surface area contributed by atoms with Crippen LogP contribution < -0.4 is 5.32 Å². The van der Waals surface area contributed by atoms with Gasteiger partial charge in [0.15, 0.2) is 11.8 Å². The van der Waals surface area contributed by atoms with Crippen LogP contribution in [0.15, 0.2) is 4.99 Å². The third-order valence-electron chi connectivity index (χ3n) is 4.53. The molecule has 3 heterocycles. The van der Waals surface area contributed by atoms with E-state index in [0.717, 1.165) is 50.2 Å². The highest BCUT2D eigenvalue weighted by atomic mass is 127. The average molecular weight is 464 g/mol. The summed E-state index contributed by atoms with van der Waals surface area (Å²) >= 11 is 2.09. The minimum Gasteiger partial charge on any atom is -0.357 e. The van der Waals surface area contributed by atoms with Gasteiger partial charge in [0.25, 0.3) is 0 Å². The van der Waals surface area contributed by atoms with Gasteiger partial charge in [-0.3, -0.25) is 0 Å². The van der Waals surface area contributed by atoms with Gasteiger partial charge in [-0.15, -0.1) is 34.2 Å². The molecule has 24 heavy (non-hydrogen) atoms. The zero-order valence-electron chi connectivity index (χ0n) is 14.7. The molecule has 0 amide bonds. The molecule has 2 aliphatic heterocycles. The highest BCUT2D eigenvalue weighted by Crippen LogP contribution is 2.21. The summed E-state index contributed by atoms with van der Waals surface area (Å²) in [5.74, 6) is 4.35. The Balaban J connectivity index is 0.00000208. The molecular weight excluding hydrogens is 435 g/mol. The van der Waals surface area contributed by atoms with Crippen LogP contribution in [0.25, 0.3) is 0 Å². The summed E-state index contributed by atoms with van der Waals surface area (Å²) in [5.41, 5.74) is 0. The molecule has 0 spiro atoms. The number of aryl methyl sites for hydroxylation is 1. The van der Waals surface area contributed by atoms with Crippen LogP contribution in [-0.2, 0) is 19.5 Å². The number of nitrogens with one attached hydrogen (secondary N) is 1. The molecular formula is C16H29IN6S. The third-order valence-corrected chi connectivity index (χ3v) is 5.91. The minimum absolute atomic E-state index is 0. The lowest BCUT2D eigenvalue weighted by Crippen LogP contribution is -2.48. The summed E-state index contributed by atoms with van der Waals surface area (Å²) in [5, 5.41) is 12.9. The summed E-state index contributed by atoms with van der Waals surface area (Å²) in [6.45, 7) is 9.13. The molecule has 1 aromatic rings. The molecule has 1 unspecified atom stereocenters. The van der Waals surface area contributed by atoms with Gasteiger partial charge in [-0.05, 0) is 26.2 Å². The summed E-state index contributed by atoms with van der Waals surface area (Å²) < 4.78 is 2.26. The van der Waals surface area contributed by atoms with Crippen molar-refractivity contribution in [3.8, 4) is 0 Å². The molecule has 136 valence electrons. The molecule has 1 atom stereocenters. The van der Waals surface area contributed by atoms with Crippen LogP contribution in [0.5, 0.6) is 0 Å². The van der Waals surface area contributed by atoms with E-state index in [1.165, 1.54) is 25.0 Å². The van der Waals surface area contributed by atoms with Gasteiger partial charge >= 0.3 is 0 Å². The van der Waals surface area contributed by atoms with Gasteiger partial charge < -0.3 is 14.8 Å². The standard InChI is InChI=1S/C16H28N6S.HI/c1-3-13-12-21(9-10-23-13)16(17-4-2)18-11-15-20-19-14-7-5-6-8-22(14)15;/h13H,3-12H2,1-2H3,(H,17,18);1H. The molecule has 0 aliphatic carbocycles. The summed E-state index contributed by atoms with van der Waals surface area (Å²) in [6.07, 6.45) is 4.73. The van der Waals surface area contributed by atoms with Gasteiger partial charge in [0.1, 0.15) is 12.4 Å². The van der Waals surface area contributed by atoms with Gasteiger partial charge in [0.2, 0.25) is 0 Å². The first kappa shape index (κ1) is 19.8. The molecule has 2 aliphatic rings. The van der Waals surface area contributed by atoms with Crippen molar-refractivity contribution < 1.29 is 0 Å². The molecule has 0 bridgehead atoms. The number of aliphatic imine (C=N–C) groups is 1. The quantitative estimate of drug-likeness (QED) is 0.422. The Bertz CT molecular complexity index is 547. The van der Waals surface area contributed by atoms with Crippen LogP contribution in [0.1, 0.15) is 44.8 Å². The van der Waals surface area contributed by atoms with Gasteiger partial charge in [0, 0.05) is 43.6 Å². The van der Waals surface area contributed by atoms with Crippen molar-refractivity contribution in [2.45, 2.75) is 57.9 Å². The monoisotopic (exact) mass is 464 g/mol. The molecule has 0 aromatic carbocycles. The van der Waals surface area contributed by atoms with E-state index in [0.29, 0.717) is 11.8 Å². The number of nitrogens with zero attached hydrogens (tertiary/aromatic N) is 5. The van der Waals surface area contributed by atoms with Crippen molar-refractivity contribution in [3.63, 3.8) is 0 Å². The Hall–Kier alpha value is -0.510. The second kappa shape index (κ2) is 9.84. The molecule has 1 saturated heterocycles. The Morgan fingerprint density at radius 3 is 2.96 bits per heavy atom. The van der Waals surface area contributed by atoms with Crippen molar-refractivity contribution in [3.05, 3.63) is 11.6 Å². The first-order valence-electron chi connectivity index (χ1n) is 8.87. The normalized spacial score (nSPS) is 21.2. The van der Waals surface area contributed by atoms with Crippen molar-refractivity contribution in [1.82, 2.24) is 25.0 Å². The fourth-order valence-corrected chi connectivity index (χ4v) is 4.40. The van der Waals surface area contributed by atoms with Crippen LogP contribution >= 0.6 is 35.7 Å². The lowest BCUT2D eigenvalue weighted by molar-refractivity contribution is 0.407. The van der Waals surface area contributed by atoms with E-state index in [1.54, 1.807) is 0 Å². The Labute approximate surface area is 166 Å². The topological polar surface area (TPSA) is 58.3 Å². The number of thioether (sulfide) groups is 1. The van der Waals surface area contributed by atoms with Crippen LogP contribution in [0, 0.1) is 0 Å². The molecule has 8 heteroatoms. The van der Waals surface area contributed by atoms with E-state index in [2.05, 4.69) is 50.6 Å². The molecule has 1 N–H and O–H groups in total. The van der Waals surface area contributed by atoms with Crippen LogP contribution in [-0.4, -0.2) is 56.3 Å². The smallest absolute Gasteiger partial charge is 0.194 e. The van der Waals surface area contributed by atoms with Gasteiger partial charge in [-0.25, -0.2) is 4.99 Å². The lowest BCUT2D eigenvalue weighted by Gasteiger charge is -2.34. The van der Waals surface area contributed by atoms with E-state index in [4.69, 9.17) is 4.99 Å². The fraction of sp³-hybridized carbons (Fsp3) is 0.812. The first-order chi connectivity index (χ1) is 11.3. The fourth-order valence-electron chi connectivity index (χ4n) is 3.22. The van der Waals surface area contributed by atoms with E-state index >= 15 is 0 Å². The SMILES string of the molecule is CCNC(=NCc1nnc2n1CCCC2)N1CCSC(CC)C1.I. The molecule has 6 nitrogen and oxygen atoms in total. The maximum atomic E-state index is 4.86. The third kappa shape index (κ3) is 4.77. The van der Waals surface area contributed by atoms with E-state index < -0.39 is 0 Å². The number of fused-ring (bicyclic) bond motifs is 1. The van der Waals surface area contributed by atoms with Crippen molar-refractivity contribution in [1.29, 1.82) is 0 Å². The number of hydrogen-bond donors (Lipinski definition) is 1. The average Bonchev–Trinajstić information content (AvgIpc) is 3.02. The Morgan fingerprint density at radius 2 is 2.17 bits per heavy atom. The largest absolute Gasteiger partial charge is 0.357 e. The predicted octanol–water partition coefficient (Wildman–Crippen LogP) is 2.53. The van der Waals surface area contributed by atoms with Crippen LogP contribution in [0.2, 0.25) is 0 Å². The summed E-state index contributed by atoms with van der Waals surface area (Å²) in [6, 6.07) is 0. The van der Waals surface area contributed by atoms with Crippen molar-refractivity contribution in [2.75, 3.05) is 25.4 Å².